The van der Waals surface area contributed by atoms with Gasteiger partial charge in [-0.05, 0) is 54.1 Å². The van der Waals surface area contributed by atoms with E-state index in [1.54, 1.807) is 19.2 Å². The fourth-order valence-electron chi connectivity index (χ4n) is 3.16. The minimum atomic E-state index is -0.571. The van der Waals surface area contributed by atoms with Gasteiger partial charge in [0.1, 0.15) is 24.1 Å². The maximum Gasteiger partial charge on any atom is 0.150 e. The zero-order chi connectivity index (χ0) is 19.4. The number of rotatable bonds is 6. The average molecular weight is 361 g/mol. The molecule has 3 N–H and O–H groups in total. The van der Waals surface area contributed by atoms with Gasteiger partial charge in [-0.25, -0.2) is 0 Å². The zero-order valence-corrected chi connectivity index (χ0v) is 14.7. The number of anilines is 1. The van der Waals surface area contributed by atoms with Gasteiger partial charge in [0.05, 0.1) is 0 Å². The number of aldehydes is 2. The normalized spacial score (nSPS) is 10.6. The number of phenols is 2. The third-order valence-corrected chi connectivity index (χ3v) is 4.51. The molecule has 0 atom stereocenters. The van der Waals surface area contributed by atoms with Crippen molar-refractivity contribution in [2.24, 2.45) is 0 Å². The van der Waals surface area contributed by atoms with Crippen LogP contribution in [0.2, 0.25) is 0 Å². The number of nitrogens with one attached hydrogen (secondary N) is 1. The molecule has 0 saturated carbocycles. The standard InChI is InChI=1S/C22H19NO4/c1-23-17-4-2-3-16(11-17)22(18-9-14(12-24)5-7-20(18)26)19-10-15(13-25)6-8-21(19)27/h2-13,22-23,26-27H,1H3. The molecule has 0 heterocycles. The van der Waals surface area contributed by atoms with Crippen LogP contribution in [0.15, 0.2) is 60.7 Å². The molecule has 0 bridgehead atoms. The van der Waals surface area contributed by atoms with Crippen LogP contribution in [0.1, 0.15) is 43.3 Å². The van der Waals surface area contributed by atoms with E-state index in [1.807, 2.05) is 24.3 Å². The predicted molar refractivity (Wildman–Crippen MR) is 104 cm³/mol. The Kier molecular flexibility index (Phi) is 5.22. The summed E-state index contributed by atoms with van der Waals surface area (Å²) >= 11 is 0. The topological polar surface area (TPSA) is 86.6 Å². The van der Waals surface area contributed by atoms with Gasteiger partial charge in [-0.3, -0.25) is 9.59 Å². The molecule has 0 aliphatic carbocycles. The third kappa shape index (κ3) is 3.67. The van der Waals surface area contributed by atoms with Crippen LogP contribution in [-0.2, 0) is 0 Å². The van der Waals surface area contributed by atoms with Crippen molar-refractivity contribution in [1.82, 2.24) is 0 Å². The van der Waals surface area contributed by atoms with E-state index in [0.29, 0.717) is 34.8 Å². The van der Waals surface area contributed by atoms with E-state index >= 15 is 0 Å². The SMILES string of the molecule is CNc1cccc(C(c2cc(C=O)ccc2O)c2cc(C=O)ccc2O)c1. The summed E-state index contributed by atoms with van der Waals surface area (Å²) in [5.41, 5.74) is 3.39. The van der Waals surface area contributed by atoms with Crippen molar-refractivity contribution in [1.29, 1.82) is 0 Å². The molecular weight excluding hydrogens is 342 g/mol. The highest BCUT2D eigenvalue weighted by molar-refractivity contribution is 5.78. The van der Waals surface area contributed by atoms with Crippen molar-refractivity contribution >= 4 is 18.3 Å². The summed E-state index contributed by atoms with van der Waals surface area (Å²) in [6, 6.07) is 16.6. The molecule has 0 amide bonds. The van der Waals surface area contributed by atoms with Crippen LogP contribution in [0.4, 0.5) is 5.69 Å². The smallest absolute Gasteiger partial charge is 0.150 e. The highest BCUT2D eigenvalue weighted by Gasteiger charge is 2.24. The molecule has 136 valence electrons. The Morgan fingerprint density at radius 3 is 1.85 bits per heavy atom. The minimum Gasteiger partial charge on any atom is -0.508 e. The molecule has 5 nitrogen and oxygen atoms in total. The molecule has 5 heteroatoms. The number of hydrogen-bond donors (Lipinski definition) is 3. The van der Waals surface area contributed by atoms with Gasteiger partial charge in [-0.15, -0.1) is 0 Å². The molecule has 0 unspecified atom stereocenters. The van der Waals surface area contributed by atoms with Crippen LogP contribution in [-0.4, -0.2) is 29.8 Å². The van der Waals surface area contributed by atoms with Gasteiger partial charge in [0.2, 0.25) is 0 Å². The van der Waals surface area contributed by atoms with E-state index in [2.05, 4.69) is 5.32 Å². The van der Waals surface area contributed by atoms with Gasteiger partial charge < -0.3 is 15.5 Å². The van der Waals surface area contributed by atoms with Gasteiger partial charge in [-0.1, -0.05) is 12.1 Å². The van der Waals surface area contributed by atoms with Gasteiger partial charge in [0.25, 0.3) is 0 Å². The molecule has 3 aromatic rings. The fraction of sp³-hybridized carbons (Fsp3) is 0.0909. The first-order chi connectivity index (χ1) is 13.1. The number of carbonyl (C=O) groups is 2. The Bertz CT molecular complexity index is 940. The van der Waals surface area contributed by atoms with E-state index < -0.39 is 5.92 Å². The first-order valence-corrected chi connectivity index (χ1v) is 8.41. The lowest BCUT2D eigenvalue weighted by atomic mass is 9.83. The highest BCUT2D eigenvalue weighted by Crippen LogP contribution is 2.41. The summed E-state index contributed by atoms with van der Waals surface area (Å²) in [5.74, 6) is -0.578. The van der Waals surface area contributed by atoms with E-state index in [1.165, 1.54) is 24.3 Å². The van der Waals surface area contributed by atoms with Crippen molar-refractivity contribution in [3.05, 3.63) is 88.5 Å². The van der Waals surface area contributed by atoms with Crippen molar-refractivity contribution in [3.8, 4) is 11.5 Å². The number of phenolic OH excluding ortho intramolecular Hbond substituents is 2. The molecule has 0 radical (unpaired) electrons. The summed E-state index contributed by atoms with van der Waals surface area (Å²) in [6.07, 6.45) is 1.40. The first-order valence-electron chi connectivity index (χ1n) is 8.41. The van der Waals surface area contributed by atoms with Crippen LogP contribution in [0, 0.1) is 0 Å². The zero-order valence-electron chi connectivity index (χ0n) is 14.7. The maximum absolute atomic E-state index is 11.2. The second-order valence-corrected chi connectivity index (χ2v) is 6.18. The van der Waals surface area contributed by atoms with Crippen molar-refractivity contribution in [2.75, 3.05) is 12.4 Å². The lowest BCUT2D eigenvalue weighted by molar-refractivity contribution is 0.111. The molecule has 0 spiro atoms. The molecular formula is C22H19NO4. The molecule has 27 heavy (non-hydrogen) atoms. The predicted octanol–water partition coefficient (Wildman–Crippen LogP) is 3.94. The monoisotopic (exact) mass is 361 g/mol. The molecule has 3 aromatic carbocycles. The molecule has 0 aliphatic heterocycles. The van der Waals surface area contributed by atoms with E-state index in [4.69, 9.17) is 0 Å². The summed E-state index contributed by atoms with van der Waals surface area (Å²) in [7, 11) is 1.79. The fourth-order valence-corrected chi connectivity index (χ4v) is 3.16. The molecule has 0 fully saturated rings. The quantitative estimate of drug-likeness (QED) is 0.457. The van der Waals surface area contributed by atoms with Gasteiger partial charge in [0.15, 0.2) is 0 Å². The number of carbonyl (C=O) groups excluding carboxylic acids is 2. The maximum atomic E-state index is 11.2. The Balaban J connectivity index is 2.30. The van der Waals surface area contributed by atoms with Crippen molar-refractivity contribution < 1.29 is 19.8 Å². The van der Waals surface area contributed by atoms with E-state index in [9.17, 15) is 19.8 Å². The second kappa shape index (κ2) is 7.74. The molecule has 3 rings (SSSR count). The number of aromatic hydroxyl groups is 2. The van der Waals surface area contributed by atoms with Crippen molar-refractivity contribution in [3.63, 3.8) is 0 Å². The average Bonchev–Trinajstić information content (AvgIpc) is 2.71. The van der Waals surface area contributed by atoms with Gasteiger partial charge in [-0.2, -0.15) is 0 Å². The van der Waals surface area contributed by atoms with Crippen LogP contribution < -0.4 is 5.32 Å². The summed E-state index contributed by atoms with van der Waals surface area (Å²) in [4.78, 5) is 22.5. The van der Waals surface area contributed by atoms with E-state index in [0.717, 1.165) is 11.3 Å². The second-order valence-electron chi connectivity index (χ2n) is 6.18. The number of benzene rings is 3. The lowest BCUT2D eigenvalue weighted by Gasteiger charge is -2.22. The molecule has 0 saturated heterocycles. The summed E-state index contributed by atoms with van der Waals surface area (Å²) in [5, 5.41) is 24.0. The third-order valence-electron chi connectivity index (χ3n) is 4.51. The first kappa shape index (κ1) is 18.2. The van der Waals surface area contributed by atoms with Crippen LogP contribution >= 0.6 is 0 Å². The lowest BCUT2D eigenvalue weighted by Crippen LogP contribution is -2.06. The van der Waals surface area contributed by atoms with Gasteiger partial charge >= 0.3 is 0 Å². The van der Waals surface area contributed by atoms with Gasteiger partial charge in [0, 0.05) is 40.9 Å². The van der Waals surface area contributed by atoms with Crippen LogP contribution in [0.25, 0.3) is 0 Å². The minimum absolute atomic E-state index is 0.00336. The molecule has 0 aliphatic rings. The molecule has 0 aromatic heterocycles. The Labute approximate surface area is 156 Å². The Hall–Kier alpha value is -3.60. The Morgan fingerprint density at radius 1 is 0.815 bits per heavy atom. The van der Waals surface area contributed by atoms with E-state index in [-0.39, 0.29) is 11.5 Å². The highest BCUT2D eigenvalue weighted by atomic mass is 16.3. The number of hydrogen-bond acceptors (Lipinski definition) is 5. The van der Waals surface area contributed by atoms with Crippen LogP contribution in [0.5, 0.6) is 11.5 Å². The largest absolute Gasteiger partial charge is 0.508 e. The van der Waals surface area contributed by atoms with Crippen LogP contribution in [0.3, 0.4) is 0 Å². The van der Waals surface area contributed by atoms with Crippen molar-refractivity contribution in [2.45, 2.75) is 5.92 Å². The Morgan fingerprint density at radius 2 is 1.37 bits per heavy atom. The summed E-state index contributed by atoms with van der Waals surface area (Å²) in [6.45, 7) is 0. The summed E-state index contributed by atoms with van der Waals surface area (Å²) < 4.78 is 0.